The van der Waals surface area contributed by atoms with Gasteiger partial charge in [-0.3, -0.25) is 4.99 Å². The second kappa shape index (κ2) is 14.5. The van der Waals surface area contributed by atoms with E-state index in [0.29, 0.717) is 12.3 Å². The Labute approximate surface area is 320 Å². The van der Waals surface area contributed by atoms with E-state index in [1.165, 1.54) is 33.4 Å². The van der Waals surface area contributed by atoms with E-state index in [9.17, 15) is 0 Å². The molecular weight excluding hydrogens is 657 g/mol. The Morgan fingerprint density at radius 2 is 1.54 bits per heavy atom. The van der Waals surface area contributed by atoms with Gasteiger partial charge in [0.2, 0.25) is 0 Å². The molecule has 3 nitrogen and oxygen atoms in total. The maximum atomic E-state index is 6.46. The summed E-state index contributed by atoms with van der Waals surface area (Å²) >= 11 is 0. The molecule has 0 fully saturated rings. The molecule has 2 heterocycles. The first-order chi connectivity index (χ1) is 26.5. The van der Waals surface area contributed by atoms with Crippen molar-refractivity contribution >= 4 is 16.9 Å². The molecule has 5 atom stereocenters. The van der Waals surface area contributed by atoms with Gasteiger partial charge in [-0.2, -0.15) is 0 Å². The highest BCUT2D eigenvalue weighted by atomic mass is 16.5. The van der Waals surface area contributed by atoms with Crippen LogP contribution in [0.3, 0.4) is 0 Å². The van der Waals surface area contributed by atoms with Crippen molar-refractivity contribution in [2.24, 2.45) is 16.8 Å². The Hall–Kier alpha value is -5.89. The van der Waals surface area contributed by atoms with Crippen LogP contribution in [0.15, 0.2) is 198 Å². The summed E-state index contributed by atoms with van der Waals surface area (Å²) in [5, 5.41) is 0. The number of allylic oxidation sites excluding steroid dienone is 14. The fraction of sp³-hybridized carbons (Fsp3) is 0.216. The molecule has 266 valence electrons. The molecule has 54 heavy (non-hydrogen) atoms. The van der Waals surface area contributed by atoms with E-state index in [-0.39, 0.29) is 17.9 Å². The molecule has 0 N–H and O–H groups in total. The molecule has 3 aromatic carbocycles. The second-order valence-electron chi connectivity index (χ2n) is 15.1. The molecule has 5 unspecified atom stereocenters. The van der Waals surface area contributed by atoms with Crippen LogP contribution in [-0.4, -0.2) is 29.4 Å². The van der Waals surface area contributed by atoms with Crippen molar-refractivity contribution in [2.75, 3.05) is 7.05 Å². The molecule has 0 saturated carbocycles. The Morgan fingerprint density at radius 1 is 0.741 bits per heavy atom. The lowest BCUT2D eigenvalue weighted by Gasteiger charge is -2.44. The van der Waals surface area contributed by atoms with E-state index < -0.39 is 5.66 Å². The molecule has 0 saturated heterocycles. The standard InChI is InChI=1S/C51H46N2O/c1-51(42-32-29-37(30-33-42)36-15-6-3-7-16-36)52-47(40-27-25-39(26-28-40)44-20-11-5-10-19-43(44)38-17-8-4-9-18-38)22-14-23-48(53(51)2)41-31-34-46-45-21-12-13-24-49(45)54-50(46)35-41/h3-17,20-21,24-32,34-35,38,42,46,50H,18-19,22,33H2,1-2H3/b52-47+. The highest BCUT2D eigenvalue weighted by Gasteiger charge is 2.41. The number of nitrogens with zero attached hydrogens (tertiary/aromatic N) is 2. The van der Waals surface area contributed by atoms with E-state index in [4.69, 9.17) is 9.73 Å². The van der Waals surface area contributed by atoms with Gasteiger partial charge in [0.05, 0.1) is 5.70 Å². The van der Waals surface area contributed by atoms with Crippen LogP contribution in [0.5, 0.6) is 5.75 Å². The summed E-state index contributed by atoms with van der Waals surface area (Å²) in [7, 11) is 2.19. The van der Waals surface area contributed by atoms with Gasteiger partial charge in [-0.1, -0.05) is 163 Å². The van der Waals surface area contributed by atoms with Gasteiger partial charge in [0.15, 0.2) is 0 Å². The lowest BCUT2D eigenvalue weighted by molar-refractivity contribution is 0.141. The summed E-state index contributed by atoms with van der Waals surface area (Å²) in [4.78, 5) is 8.12. The number of rotatable bonds is 6. The lowest BCUT2D eigenvalue weighted by atomic mass is 9.82. The van der Waals surface area contributed by atoms with E-state index in [1.807, 2.05) is 0 Å². The van der Waals surface area contributed by atoms with Crippen molar-refractivity contribution in [2.45, 2.75) is 50.3 Å². The third kappa shape index (κ3) is 6.40. The zero-order valence-corrected chi connectivity index (χ0v) is 31.1. The molecule has 0 spiro atoms. The van der Waals surface area contributed by atoms with E-state index in [0.717, 1.165) is 47.6 Å². The van der Waals surface area contributed by atoms with Crippen LogP contribution in [0.4, 0.5) is 0 Å². The summed E-state index contributed by atoms with van der Waals surface area (Å²) in [5.41, 5.74) is 15.4. The minimum atomic E-state index is -0.586. The Kier molecular flexibility index (Phi) is 9.11. The van der Waals surface area contributed by atoms with Gasteiger partial charge in [-0.05, 0) is 72.2 Å². The van der Waals surface area contributed by atoms with Crippen LogP contribution in [-0.2, 0) is 0 Å². The van der Waals surface area contributed by atoms with Crippen LogP contribution in [0.25, 0.3) is 11.1 Å². The van der Waals surface area contributed by atoms with Crippen molar-refractivity contribution in [3.63, 3.8) is 0 Å². The molecule has 0 bridgehead atoms. The number of likely N-dealkylation sites (N-methyl/N-ethyl adjacent to an activating group) is 1. The Morgan fingerprint density at radius 3 is 2.35 bits per heavy atom. The van der Waals surface area contributed by atoms with Crippen molar-refractivity contribution in [1.82, 2.24) is 4.90 Å². The number of ether oxygens (including phenoxy) is 1. The highest BCUT2D eigenvalue weighted by molar-refractivity contribution is 6.02. The topological polar surface area (TPSA) is 24.8 Å². The molecule has 9 rings (SSSR count). The van der Waals surface area contributed by atoms with E-state index in [2.05, 4.69) is 195 Å². The van der Waals surface area contributed by atoms with Gasteiger partial charge < -0.3 is 9.64 Å². The summed E-state index contributed by atoms with van der Waals surface area (Å²) in [6.45, 7) is 2.30. The van der Waals surface area contributed by atoms with Gasteiger partial charge in [-0.15, -0.1) is 0 Å². The molecule has 0 radical (unpaired) electrons. The predicted molar refractivity (Wildman–Crippen MR) is 224 cm³/mol. The van der Waals surface area contributed by atoms with Crippen LogP contribution in [0.1, 0.15) is 60.8 Å². The van der Waals surface area contributed by atoms with Gasteiger partial charge >= 0.3 is 0 Å². The van der Waals surface area contributed by atoms with Crippen LogP contribution >= 0.6 is 0 Å². The zero-order valence-electron chi connectivity index (χ0n) is 31.1. The highest BCUT2D eigenvalue weighted by Crippen LogP contribution is 2.45. The van der Waals surface area contributed by atoms with Crippen molar-refractivity contribution in [3.05, 3.63) is 215 Å². The van der Waals surface area contributed by atoms with Gasteiger partial charge in [0.1, 0.15) is 17.5 Å². The normalized spacial score (nSPS) is 27.9. The third-order valence-electron chi connectivity index (χ3n) is 12.0. The van der Waals surface area contributed by atoms with Crippen LogP contribution in [0, 0.1) is 11.8 Å². The number of benzene rings is 3. The average molecular weight is 703 g/mol. The maximum absolute atomic E-state index is 6.46. The first-order valence-corrected chi connectivity index (χ1v) is 19.4. The van der Waals surface area contributed by atoms with Gasteiger partial charge in [-0.25, -0.2) is 0 Å². The lowest BCUT2D eigenvalue weighted by Crippen LogP contribution is -2.48. The minimum absolute atomic E-state index is 0.0365. The Balaban J connectivity index is 1.07. The summed E-state index contributed by atoms with van der Waals surface area (Å²) in [6, 6.07) is 28.2. The monoisotopic (exact) mass is 702 g/mol. The molecule has 6 aliphatic rings. The summed E-state index contributed by atoms with van der Waals surface area (Å²) < 4.78 is 6.46. The first-order valence-electron chi connectivity index (χ1n) is 19.4. The van der Waals surface area contributed by atoms with E-state index >= 15 is 0 Å². The number of hydrogen-bond donors (Lipinski definition) is 0. The van der Waals surface area contributed by atoms with E-state index in [1.54, 1.807) is 0 Å². The molecule has 2 aliphatic heterocycles. The second-order valence-corrected chi connectivity index (χ2v) is 15.1. The van der Waals surface area contributed by atoms with Crippen LogP contribution < -0.4 is 4.74 Å². The van der Waals surface area contributed by atoms with Crippen molar-refractivity contribution < 1.29 is 4.74 Å². The van der Waals surface area contributed by atoms with Gasteiger partial charge in [0.25, 0.3) is 0 Å². The minimum Gasteiger partial charge on any atom is -0.485 e. The van der Waals surface area contributed by atoms with Gasteiger partial charge in [0, 0.05) is 48.1 Å². The number of aliphatic imine (C=N–C) groups is 1. The maximum Gasteiger partial charge on any atom is 0.136 e. The molecular formula is C51H46N2O. The quantitative estimate of drug-likeness (QED) is 0.239. The molecule has 0 amide bonds. The fourth-order valence-electron chi connectivity index (χ4n) is 8.79. The zero-order chi connectivity index (χ0) is 36.5. The SMILES string of the molecule is CN1C(C2=CC3Oc4ccccc4C3C=C2)=C=CC/C(c2ccc(C3=C(C4C=CC=CC4)CC=CC=C3)cc2)=N\C1(C)C1C=CC(c2ccccc2)=CC1. The fourth-order valence-corrected chi connectivity index (χ4v) is 8.79. The molecule has 3 heteroatoms. The smallest absolute Gasteiger partial charge is 0.136 e. The number of fused-ring (bicyclic) bond motifs is 3. The number of para-hydroxylation sites is 1. The molecule has 0 aromatic heterocycles. The summed E-state index contributed by atoms with van der Waals surface area (Å²) in [6.07, 6.45) is 37.5. The first kappa shape index (κ1) is 33.9. The third-order valence-corrected chi connectivity index (χ3v) is 12.0. The molecule has 3 aromatic rings. The van der Waals surface area contributed by atoms with Crippen molar-refractivity contribution in [1.29, 1.82) is 0 Å². The van der Waals surface area contributed by atoms with Crippen LogP contribution in [0.2, 0.25) is 0 Å². The molecule has 4 aliphatic carbocycles. The predicted octanol–water partition coefficient (Wildman–Crippen LogP) is 11.7. The average Bonchev–Trinajstić information content (AvgIpc) is 3.41. The largest absolute Gasteiger partial charge is 0.485 e. The van der Waals surface area contributed by atoms with Crippen molar-refractivity contribution in [3.8, 4) is 5.75 Å². The summed E-state index contributed by atoms with van der Waals surface area (Å²) in [5.74, 6) is 1.76. The Bertz CT molecular complexity index is 2330. The number of hydrogen-bond acceptors (Lipinski definition) is 3.